The second kappa shape index (κ2) is 3.89. The van der Waals surface area contributed by atoms with Gasteiger partial charge in [0.1, 0.15) is 5.15 Å². The van der Waals surface area contributed by atoms with Crippen molar-refractivity contribution in [3.8, 4) is 0 Å². The average molecular weight is 226 g/mol. The highest BCUT2D eigenvalue weighted by Gasteiger charge is 2.28. The largest absolute Gasteiger partial charge is 0.396 e. The van der Waals surface area contributed by atoms with E-state index in [-0.39, 0.29) is 0 Å². The zero-order chi connectivity index (χ0) is 11.0. The van der Waals surface area contributed by atoms with Gasteiger partial charge >= 0.3 is 0 Å². The highest BCUT2D eigenvalue weighted by Crippen LogP contribution is 2.31. The topological polar surface area (TPSA) is 42.2 Å². The lowest BCUT2D eigenvalue weighted by molar-refractivity contribution is 0.625. The number of hydrogen-bond donors (Lipinski definition) is 1. The summed E-state index contributed by atoms with van der Waals surface area (Å²) in [6.45, 7) is 5.46. The molecule has 0 spiro atoms. The molecule has 4 heteroatoms. The normalized spacial score (nSPS) is 25.9. The summed E-state index contributed by atoms with van der Waals surface area (Å²) in [6, 6.07) is 4.04. The van der Waals surface area contributed by atoms with E-state index in [4.69, 9.17) is 17.3 Å². The van der Waals surface area contributed by atoms with Gasteiger partial charge in [0.05, 0.1) is 5.69 Å². The molecule has 3 nitrogen and oxygen atoms in total. The Morgan fingerprint density at radius 2 is 2.20 bits per heavy atom. The standard InChI is InChI=1S/C11H16ClN3/c1-7-5-8(2)15(6-7)11-9(13)3-4-10(12)14-11/h3-4,7-8H,5-6,13H2,1-2H3. The number of rotatable bonds is 1. The number of nitrogens with two attached hydrogens (primary N) is 1. The number of aromatic nitrogens is 1. The summed E-state index contributed by atoms with van der Waals surface area (Å²) in [5.41, 5.74) is 6.62. The lowest BCUT2D eigenvalue weighted by Crippen LogP contribution is -2.28. The summed E-state index contributed by atoms with van der Waals surface area (Å²) in [4.78, 5) is 6.55. The van der Waals surface area contributed by atoms with E-state index in [1.54, 1.807) is 6.07 Å². The minimum atomic E-state index is 0.494. The molecule has 0 aromatic carbocycles. The molecule has 2 atom stereocenters. The van der Waals surface area contributed by atoms with Gasteiger partial charge in [0.25, 0.3) is 0 Å². The van der Waals surface area contributed by atoms with Crippen LogP contribution < -0.4 is 10.6 Å². The van der Waals surface area contributed by atoms with Gasteiger partial charge in [-0.05, 0) is 31.4 Å². The fourth-order valence-electron chi connectivity index (χ4n) is 2.26. The number of nitrogens with zero attached hydrogens (tertiary/aromatic N) is 2. The van der Waals surface area contributed by atoms with E-state index in [1.807, 2.05) is 6.07 Å². The second-order valence-corrected chi connectivity index (χ2v) is 4.78. The fourth-order valence-corrected chi connectivity index (χ4v) is 2.40. The molecule has 82 valence electrons. The first-order valence-electron chi connectivity index (χ1n) is 5.26. The molecule has 0 aliphatic carbocycles. The molecule has 1 fully saturated rings. The van der Waals surface area contributed by atoms with Gasteiger partial charge in [-0.2, -0.15) is 0 Å². The summed E-state index contributed by atoms with van der Waals surface area (Å²) in [5.74, 6) is 1.53. The number of nitrogen functional groups attached to an aromatic ring is 1. The molecule has 2 unspecified atom stereocenters. The molecule has 1 aliphatic rings. The van der Waals surface area contributed by atoms with Crippen LogP contribution in [0.15, 0.2) is 12.1 Å². The zero-order valence-electron chi connectivity index (χ0n) is 9.07. The van der Waals surface area contributed by atoms with Crippen LogP contribution in [0.3, 0.4) is 0 Å². The Labute approximate surface area is 95.2 Å². The molecule has 2 heterocycles. The minimum absolute atomic E-state index is 0.494. The van der Waals surface area contributed by atoms with Crippen molar-refractivity contribution in [1.82, 2.24) is 4.98 Å². The minimum Gasteiger partial charge on any atom is -0.396 e. The third-order valence-electron chi connectivity index (χ3n) is 2.93. The molecule has 1 aliphatic heterocycles. The predicted molar refractivity (Wildman–Crippen MR) is 64.2 cm³/mol. The molecule has 1 aromatic heterocycles. The smallest absolute Gasteiger partial charge is 0.153 e. The van der Waals surface area contributed by atoms with E-state index in [0.717, 1.165) is 12.4 Å². The molecule has 15 heavy (non-hydrogen) atoms. The van der Waals surface area contributed by atoms with E-state index in [0.29, 0.717) is 22.8 Å². The summed E-state index contributed by atoms with van der Waals surface area (Å²) >= 11 is 5.89. The Kier molecular flexibility index (Phi) is 2.74. The van der Waals surface area contributed by atoms with Gasteiger partial charge in [-0.3, -0.25) is 0 Å². The Balaban J connectivity index is 2.32. The third kappa shape index (κ3) is 2.02. The van der Waals surface area contributed by atoms with E-state index in [2.05, 4.69) is 23.7 Å². The molecular weight excluding hydrogens is 210 g/mol. The van der Waals surface area contributed by atoms with E-state index >= 15 is 0 Å². The van der Waals surface area contributed by atoms with Crippen molar-refractivity contribution in [3.05, 3.63) is 17.3 Å². The lowest BCUT2D eigenvalue weighted by atomic mass is 10.1. The average Bonchev–Trinajstić information content (AvgIpc) is 2.50. The van der Waals surface area contributed by atoms with Gasteiger partial charge in [-0.25, -0.2) is 4.98 Å². The van der Waals surface area contributed by atoms with Crippen LogP contribution in [0, 0.1) is 5.92 Å². The molecule has 0 bridgehead atoms. The van der Waals surface area contributed by atoms with Gasteiger partial charge < -0.3 is 10.6 Å². The molecule has 0 saturated carbocycles. The third-order valence-corrected chi connectivity index (χ3v) is 3.14. The first kappa shape index (κ1) is 10.6. The predicted octanol–water partition coefficient (Wildman–Crippen LogP) is 2.55. The Morgan fingerprint density at radius 1 is 1.47 bits per heavy atom. The van der Waals surface area contributed by atoms with Gasteiger partial charge in [-0.1, -0.05) is 18.5 Å². The number of halogens is 1. The van der Waals surface area contributed by atoms with Crippen LogP contribution in [0.5, 0.6) is 0 Å². The molecule has 2 rings (SSSR count). The first-order valence-corrected chi connectivity index (χ1v) is 5.64. The van der Waals surface area contributed by atoms with Gasteiger partial charge in [-0.15, -0.1) is 0 Å². The van der Waals surface area contributed by atoms with Crippen molar-refractivity contribution in [1.29, 1.82) is 0 Å². The molecule has 1 aromatic rings. The van der Waals surface area contributed by atoms with Crippen LogP contribution in [0.4, 0.5) is 11.5 Å². The maximum Gasteiger partial charge on any atom is 0.153 e. The molecule has 0 radical (unpaired) electrons. The van der Waals surface area contributed by atoms with Crippen molar-refractivity contribution in [3.63, 3.8) is 0 Å². The number of pyridine rings is 1. The van der Waals surface area contributed by atoms with E-state index in [9.17, 15) is 0 Å². The van der Waals surface area contributed by atoms with Gasteiger partial charge in [0, 0.05) is 12.6 Å². The quantitative estimate of drug-likeness (QED) is 0.747. The van der Waals surface area contributed by atoms with E-state index < -0.39 is 0 Å². The maximum absolute atomic E-state index is 5.91. The first-order chi connectivity index (χ1) is 7.08. The van der Waals surface area contributed by atoms with Crippen LogP contribution in [-0.4, -0.2) is 17.6 Å². The molecule has 0 amide bonds. The van der Waals surface area contributed by atoms with Crippen molar-refractivity contribution in [2.75, 3.05) is 17.2 Å². The van der Waals surface area contributed by atoms with Gasteiger partial charge in [0.15, 0.2) is 5.82 Å². The van der Waals surface area contributed by atoms with Crippen molar-refractivity contribution in [2.45, 2.75) is 26.3 Å². The lowest BCUT2D eigenvalue weighted by Gasteiger charge is -2.24. The summed E-state index contributed by atoms with van der Waals surface area (Å²) in [6.07, 6.45) is 1.19. The zero-order valence-corrected chi connectivity index (χ0v) is 9.83. The van der Waals surface area contributed by atoms with Gasteiger partial charge in [0.2, 0.25) is 0 Å². The molecular formula is C11H16ClN3. The second-order valence-electron chi connectivity index (χ2n) is 4.39. The SMILES string of the molecule is CC1CC(C)N(c2nc(Cl)ccc2N)C1. The summed E-state index contributed by atoms with van der Waals surface area (Å²) in [5, 5.41) is 0.506. The summed E-state index contributed by atoms with van der Waals surface area (Å²) in [7, 11) is 0. The van der Waals surface area contributed by atoms with Crippen LogP contribution in [0.1, 0.15) is 20.3 Å². The highest BCUT2D eigenvalue weighted by atomic mass is 35.5. The van der Waals surface area contributed by atoms with E-state index in [1.165, 1.54) is 6.42 Å². The fraction of sp³-hybridized carbons (Fsp3) is 0.545. The van der Waals surface area contributed by atoms with Crippen LogP contribution in [0.2, 0.25) is 5.15 Å². The Morgan fingerprint density at radius 3 is 2.80 bits per heavy atom. The van der Waals surface area contributed by atoms with Crippen LogP contribution >= 0.6 is 11.6 Å². The Bertz CT molecular complexity index is 367. The van der Waals surface area contributed by atoms with Crippen LogP contribution in [-0.2, 0) is 0 Å². The van der Waals surface area contributed by atoms with Crippen molar-refractivity contribution >= 4 is 23.1 Å². The number of hydrogen-bond acceptors (Lipinski definition) is 3. The monoisotopic (exact) mass is 225 g/mol. The Hall–Kier alpha value is -0.960. The molecule has 2 N–H and O–H groups in total. The molecule has 1 saturated heterocycles. The van der Waals surface area contributed by atoms with Crippen LogP contribution in [0.25, 0.3) is 0 Å². The summed E-state index contributed by atoms with van der Waals surface area (Å²) < 4.78 is 0. The number of anilines is 2. The maximum atomic E-state index is 5.91. The van der Waals surface area contributed by atoms with Crippen molar-refractivity contribution < 1.29 is 0 Å². The highest BCUT2D eigenvalue weighted by molar-refractivity contribution is 6.29. The van der Waals surface area contributed by atoms with Crippen molar-refractivity contribution in [2.24, 2.45) is 5.92 Å².